The molecule has 2 aliphatic rings. The molecule has 2 heterocycles. The molecular formula is C15H18F3N7O2. The number of alkyl halides is 3. The van der Waals surface area contributed by atoms with Crippen LogP contribution in [0.5, 0.6) is 0 Å². The number of amides is 2. The van der Waals surface area contributed by atoms with E-state index in [1.807, 2.05) is 10.7 Å². The number of carbonyl (C=O) groups excluding carboxylic acids is 2. The minimum atomic E-state index is -4.60. The zero-order chi connectivity index (χ0) is 19.6. The third-order valence-corrected chi connectivity index (χ3v) is 4.31. The summed E-state index contributed by atoms with van der Waals surface area (Å²) in [5.74, 6) is -0.405. The Morgan fingerprint density at radius 1 is 1.48 bits per heavy atom. The molecule has 27 heavy (non-hydrogen) atoms. The Morgan fingerprint density at radius 2 is 2.22 bits per heavy atom. The molecule has 146 valence electrons. The molecule has 1 atom stereocenters. The number of carbonyl (C=O) groups is 2. The summed E-state index contributed by atoms with van der Waals surface area (Å²) in [6, 6.07) is -0.436. The lowest BCUT2D eigenvalue weighted by Gasteiger charge is -2.30. The Labute approximate surface area is 152 Å². The predicted molar refractivity (Wildman–Crippen MR) is 86.3 cm³/mol. The highest BCUT2D eigenvalue weighted by Crippen LogP contribution is 2.35. The maximum Gasteiger partial charge on any atom is 0.408 e. The molecule has 0 radical (unpaired) electrons. The van der Waals surface area contributed by atoms with Gasteiger partial charge in [-0.2, -0.15) is 18.3 Å². The van der Waals surface area contributed by atoms with E-state index in [2.05, 4.69) is 15.5 Å². The molecule has 0 spiro atoms. The molecule has 0 aromatic carbocycles. The van der Waals surface area contributed by atoms with Crippen LogP contribution in [0.1, 0.15) is 25.0 Å². The highest BCUT2D eigenvalue weighted by molar-refractivity contribution is 6.02. The van der Waals surface area contributed by atoms with Crippen LogP contribution in [0.4, 0.5) is 13.2 Å². The lowest BCUT2D eigenvalue weighted by Crippen LogP contribution is -2.50. The molecule has 0 bridgehead atoms. The van der Waals surface area contributed by atoms with Gasteiger partial charge in [-0.3, -0.25) is 14.3 Å². The van der Waals surface area contributed by atoms with Crippen molar-refractivity contribution in [2.24, 2.45) is 16.4 Å². The molecule has 9 nitrogen and oxygen atoms in total. The Kier molecular flexibility index (Phi) is 5.15. The van der Waals surface area contributed by atoms with E-state index in [1.165, 1.54) is 7.05 Å². The monoisotopic (exact) mass is 385 g/mol. The van der Waals surface area contributed by atoms with Gasteiger partial charge in [-0.1, -0.05) is 0 Å². The smallest absolute Gasteiger partial charge is 0.339 e. The number of rotatable bonds is 7. The third-order valence-electron chi connectivity index (χ3n) is 4.31. The molecule has 0 unspecified atom stereocenters. The summed E-state index contributed by atoms with van der Waals surface area (Å²) in [4.78, 5) is 22.6. The molecule has 0 saturated heterocycles. The molecule has 1 aromatic heterocycles. The first-order valence-electron chi connectivity index (χ1n) is 8.27. The lowest BCUT2D eigenvalue weighted by atomic mass is 9.96. The van der Waals surface area contributed by atoms with Gasteiger partial charge in [-0.25, -0.2) is 10.4 Å². The average Bonchev–Trinajstić information content (AvgIpc) is 3.28. The summed E-state index contributed by atoms with van der Waals surface area (Å²) >= 11 is 0. The molecule has 1 aliphatic heterocycles. The summed E-state index contributed by atoms with van der Waals surface area (Å²) < 4.78 is 41.3. The molecule has 2 N–H and O–H groups in total. The highest BCUT2D eigenvalue weighted by atomic mass is 19.4. The van der Waals surface area contributed by atoms with E-state index in [0.717, 1.165) is 17.9 Å². The normalized spacial score (nSPS) is 20.7. The van der Waals surface area contributed by atoms with Crippen LogP contribution >= 0.6 is 0 Å². The van der Waals surface area contributed by atoms with Crippen molar-refractivity contribution in [2.75, 3.05) is 7.05 Å². The van der Waals surface area contributed by atoms with E-state index in [9.17, 15) is 22.8 Å². The first-order valence-corrected chi connectivity index (χ1v) is 8.27. The van der Waals surface area contributed by atoms with Crippen molar-refractivity contribution >= 4 is 17.9 Å². The predicted octanol–water partition coefficient (Wildman–Crippen LogP) is 1.42. The number of hydrogen-bond acceptors (Lipinski definition) is 5. The highest BCUT2D eigenvalue weighted by Gasteiger charge is 2.45. The number of hydrogen-bond donors (Lipinski definition) is 2. The summed E-state index contributed by atoms with van der Waals surface area (Å²) in [6.07, 6.45) is -0.910. The SMILES string of the molecule is CN(/N=N\NC=O)C1=C(c2ccn(CC3CC3)n2)C[C@H](C(F)(F)F)NC1=O. The van der Waals surface area contributed by atoms with E-state index in [-0.39, 0.29) is 23.4 Å². The van der Waals surface area contributed by atoms with Gasteiger partial charge in [0.25, 0.3) is 5.91 Å². The molecule has 3 rings (SSSR count). The largest absolute Gasteiger partial charge is 0.408 e. The van der Waals surface area contributed by atoms with Gasteiger partial charge in [0.05, 0.1) is 5.69 Å². The van der Waals surface area contributed by atoms with Crippen LogP contribution in [0, 0.1) is 5.92 Å². The summed E-state index contributed by atoms with van der Waals surface area (Å²) in [5, 5.41) is 14.2. The van der Waals surface area contributed by atoms with Crippen molar-refractivity contribution in [3.63, 3.8) is 0 Å². The van der Waals surface area contributed by atoms with E-state index in [0.29, 0.717) is 12.5 Å². The number of halogens is 3. The van der Waals surface area contributed by atoms with E-state index < -0.39 is 24.5 Å². The second-order valence-electron chi connectivity index (χ2n) is 6.43. The van der Waals surface area contributed by atoms with Crippen LogP contribution in [0.2, 0.25) is 0 Å². The van der Waals surface area contributed by atoms with Crippen LogP contribution in [-0.2, 0) is 16.1 Å². The number of nitrogens with zero attached hydrogens (tertiary/aromatic N) is 5. The lowest BCUT2D eigenvalue weighted by molar-refractivity contribution is -0.161. The molecule has 1 fully saturated rings. The van der Waals surface area contributed by atoms with Gasteiger partial charge in [0.15, 0.2) is 0 Å². The van der Waals surface area contributed by atoms with Gasteiger partial charge in [0, 0.05) is 31.8 Å². The summed E-state index contributed by atoms with van der Waals surface area (Å²) in [5.41, 5.74) is 2.22. The second kappa shape index (κ2) is 7.37. The van der Waals surface area contributed by atoms with Crippen molar-refractivity contribution in [3.05, 3.63) is 23.7 Å². The second-order valence-corrected chi connectivity index (χ2v) is 6.43. The first kappa shape index (κ1) is 18.9. The van der Waals surface area contributed by atoms with Gasteiger partial charge in [0.2, 0.25) is 6.41 Å². The van der Waals surface area contributed by atoms with Crippen LogP contribution in [0.15, 0.2) is 28.4 Å². The van der Waals surface area contributed by atoms with Crippen LogP contribution < -0.4 is 10.7 Å². The third kappa shape index (κ3) is 4.44. The summed E-state index contributed by atoms with van der Waals surface area (Å²) in [7, 11) is 1.35. The van der Waals surface area contributed by atoms with E-state index in [1.54, 1.807) is 16.9 Å². The zero-order valence-corrected chi connectivity index (χ0v) is 14.4. The number of nitrogens with one attached hydrogen (secondary N) is 2. The van der Waals surface area contributed by atoms with Crippen molar-refractivity contribution in [3.8, 4) is 0 Å². The fourth-order valence-corrected chi connectivity index (χ4v) is 2.83. The molecule has 1 aliphatic carbocycles. The van der Waals surface area contributed by atoms with Gasteiger partial charge >= 0.3 is 6.18 Å². The fourth-order valence-electron chi connectivity index (χ4n) is 2.83. The van der Waals surface area contributed by atoms with Crippen LogP contribution in [0.3, 0.4) is 0 Å². The quantitative estimate of drug-likeness (QED) is 0.421. The number of likely N-dealkylation sites (N-methyl/N-ethyl adjacent to an activating group) is 1. The maximum atomic E-state index is 13.2. The zero-order valence-electron chi connectivity index (χ0n) is 14.4. The van der Waals surface area contributed by atoms with E-state index in [4.69, 9.17) is 0 Å². The van der Waals surface area contributed by atoms with Crippen molar-refractivity contribution in [1.29, 1.82) is 0 Å². The van der Waals surface area contributed by atoms with Gasteiger partial charge in [-0.15, -0.1) is 0 Å². The molecular weight excluding hydrogens is 367 g/mol. The summed E-state index contributed by atoms with van der Waals surface area (Å²) in [6.45, 7) is 0.691. The number of aromatic nitrogens is 2. The van der Waals surface area contributed by atoms with Crippen molar-refractivity contribution < 1.29 is 22.8 Å². The first-order chi connectivity index (χ1) is 12.8. The van der Waals surface area contributed by atoms with Gasteiger partial charge in [0.1, 0.15) is 11.7 Å². The Balaban J connectivity index is 1.95. The Bertz CT molecular complexity index is 783. The Morgan fingerprint density at radius 3 is 2.85 bits per heavy atom. The fraction of sp³-hybridized carbons (Fsp3) is 0.533. The molecule has 12 heteroatoms. The van der Waals surface area contributed by atoms with Crippen molar-refractivity contribution in [2.45, 2.75) is 38.0 Å². The van der Waals surface area contributed by atoms with E-state index >= 15 is 0 Å². The minimum Gasteiger partial charge on any atom is -0.339 e. The molecule has 2 amide bonds. The maximum absolute atomic E-state index is 13.2. The van der Waals surface area contributed by atoms with Gasteiger partial charge in [-0.05, 0) is 35.3 Å². The van der Waals surface area contributed by atoms with Gasteiger partial charge < -0.3 is 5.32 Å². The van der Waals surface area contributed by atoms with Crippen LogP contribution in [-0.4, -0.2) is 46.4 Å². The average molecular weight is 385 g/mol. The molecule has 1 saturated carbocycles. The van der Waals surface area contributed by atoms with Crippen molar-refractivity contribution in [1.82, 2.24) is 25.5 Å². The Hall–Kier alpha value is -2.92. The van der Waals surface area contributed by atoms with Crippen LogP contribution in [0.25, 0.3) is 5.57 Å². The molecule has 1 aromatic rings. The standard InChI is InChI=1S/C15H18F3N7O2/c1-24(23-22-19-8-26)13-10(6-12(15(16,17)18)20-14(13)27)11-4-5-25(21-11)7-9-2-3-9/h4-5,8-9,12H,2-3,6-7H2,1H3,(H,20,27)(H,19,23,26)/t12-/m1/s1. The minimum absolute atomic E-state index is 0.108. The topological polar surface area (TPSA) is 104 Å².